The molecule has 206 valence electrons. The Bertz CT molecular complexity index is 1780. The molecule has 5 aromatic rings. The van der Waals surface area contributed by atoms with E-state index < -0.39 is 23.9 Å². The van der Waals surface area contributed by atoms with Crippen LogP contribution in [0.2, 0.25) is 10.0 Å². The lowest BCUT2D eigenvalue weighted by atomic mass is 10.0. The molecular weight excluding hydrogens is 587 g/mol. The number of carbonyl (C=O) groups is 2. The van der Waals surface area contributed by atoms with Gasteiger partial charge >= 0.3 is 0 Å². The van der Waals surface area contributed by atoms with Crippen molar-refractivity contribution < 1.29 is 23.1 Å². The molecule has 0 fully saturated rings. The van der Waals surface area contributed by atoms with Crippen molar-refractivity contribution in [2.45, 2.75) is 20.1 Å². The smallest absolute Gasteiger partial charge is 0.280 e. The van der Waals surface area contributed by atoms with Crippen LogP contribution in [-0.4, -0.2) is 36.4 Å². The summed E-state index contributed by atoms with van der Waals surface area (Å²) in [6, 6.07) is 7.41. The fourth-order valence-electron chi connectivity index (χ4n) is 3.96. The summed E-state index contributed by atoms with van der Waals surface area (Å²) in [6.45, 7) is 1.70. The molecular formula is C25H19Cl2F2N7O3S. The molecule has 0 unspecified atom stereocenters. The molecule has 4 aromatic heterocycles. The molecule has 0 aliphatic rings. The largest absolute Gasteiger partial charge is 0.470 e. The van der Waals surface area contributed by atoms with E-state index in [0.717, 1.165) is 11.3 Å². The monoisotopic (exact) mass is 605 g/mol. The second-order valence-electron chi connectivity index (χ2n) is 8.56. The van der Waals surface area contributed by atoms with Crippen molar-refractivity contribution in [3.8, 4) is 16.9 Å². The van der Waals surface area contributed by atoms with E-state index in [1.54, 1.807) is 30.8 Å². The molecule has 0 saturated carbocycles. The Labute approximate surface area is 239 Å². The molecule has 1 aromatic carbocycles. The Morgan fingerprint density at radius 1 is 1.20 bits per heavy atom. The summed E-state index contributed by atoms with van der Waals surface area (Å²) >= 11 is 12.8. The SMILES string of the molecule is Cc1c(-c2cc(C(F)F)nc3sc(C(N)=O)c(NC(=O)c4ccn(COc5ccc(Cl)cc5Cl)n4)c23)cnn1C. The van der Waals surface area contributed by atoms with E-state index >= 15 is 0 Å². The van der Waals surface area contributed by atoms with Crippen molar-refractivity contribution in [2.75, 3.05) is 5.32 Å². The van der Waals surface area contributed by atoms with E-state index in [0.29, 0.717) is 32.6 Å². The van der Waals surface area contributed by atoms with Crippen LogP contribution in [-0.2, 0) is 13.8 Å². The number of primary amides is 1. The third-order valence-corrected chi connectivity index (χ3v) is 7.64. The van der Waals surface area contributed by atoms with Crippen LogP contribution in [0.15, 0.2) is 42.7 Å². The number of nitrogens with zero attached hydrogens (tertiary/aromatic N) is 5. The highest BCUT2D eigenvalue weighted by Gasteiger charge is 2.26. The topological polar surface area (TPSA) is 130 Å². The van der Waals surface area contributed by atoms with Gasteiger partial charge in [-0.1, -0.05) is 23.2 Å². The number of halogens is 4. The number of anilines is 1. The van der Waals surface area contributed by atoms with E-state index in [2.05, 4.69) is 20.5 Å². The van der Waals surface area contributed by atoms with Gasteiger partial charge in [-0.2, -0.15) is 10.2 Å². The van der Waals surface area contributed by atoms with Crippen LogP contribution in [0.1, 0.15) is 38.0 Å². The van der Waals surface area contributed by atoms with Gasteiger partial charge in [0, 0.05) is 34.9 Å². The number of carbonyl (C=O) groups excluding carboxylic acids is 2. The minimum absolute atomic E-state index is 0.00292. The van der Waals surface area contributed by atoms with Gasteiger partial charge in [0.15, 0.2) is 12.4 Å². The number of aromatic nitrogens is 5. The molecule has 0 bridgehead atoms. The Balaban J connectivity index is 1.50. The fourth-order valence-corrected chi connectivity index (χ4v) is 5.43. The molecule has 0 aliphatic carbocycles. The zero-order valence-corrected chi connectivity index (χ0v) is 23.1. The first-order valence-corrected chi connectivity index (χ1v) is 13.1. The Morgan fingerprint density at radius 2 is 1.98 bits per heavy atom. The Kier molecular flexibility index (Phi) is 7.45. The lowest BCUT2D eigenvalue weighted by Gasteiger charge is -2.10. The van der Waals surface area contributed by atoms with Crippen LogP contribution in [0, 0.1) is 6.92 Å². The molecule has 40 heavy (non-hydrogen) atoms. The average molecular weight is 606 g/mol. The molecule has 2 amide bonds. The molecule has 15 heteroatoms. The van der Waals surface area contributed by atoms with Gasteiger partial charge in [0.25, 0.3) is 18.2 Å². The normalized spacial score (nSPS) is 11.4. The third-order valence-electron chi connectivity index (χ3n) is 6.01. The number of amides is 2. The van der Waals surface area contributed by atoms with Crippen LogP contribution in [0.5, 0.6) is 5.75 Å². The standard InChI is InChI=1S/C25H19Cl2F2N7O3S/c1-11-14(9-31-35(11)2)13-8-17(22(28)29)32-25-19(13)20(21(40-25)23(30)37)33-24(38)16-5-6-36(34-16)10-39-18-4-3-12(26)7-15(18)27/h3-9,22H,10H2,1-2H3,(H2,30,37)(H,33,38). The van der Waals surface area contributed by atoms with Gasteiger partial charge in [-0.25, -0.2) is 18.4 Å². The molecule has 10 nitrogen and oxygen atoms in total. The number of nitrogens with one attached hydrogen (secondary N) is 1. The number of nitrogens with two attached hydrogens (primary N) is 1. The van der Waals surface area contributed by atoms with Gasteiger partial charge in [0.05, 0.1) is 16.9 Å². The van der Waals surface area contributed by atoms with Crippen LogP contribution < -0.4 is 15.8 Å². The van der Waals surface area contributed by atoms with Crippen molar-refractivity contribution in [1.29, 1.82) is 0 Å². The van der Waals surface area contributed by atoms with Gasteiger partial charge in [-0.05, 0) is 42.8 Å². The zero-order valence-electron chi connectivity index (χ0n) is 20.8. The average Bonchev–Trinajstić information content (AvgIpc) is 3.61. The maximum absolute atomic E-state index is 13.7. The number of fused-ring (bicyclic) bond motifs is 1. The Hall–Kier alpha value is -4.07. The number of ether oxygens (including phenoxy) is 1. The zero-order chi connectivity index (χ0) is 28.7. The van der Waals surface area contributed by atoms with Crippen LogP contribution in [0.25, 0.3) is 21.3 Å². The number of hydrogen-bond acceptors (Lipinski definition) is 7. The van der Waals surface area contributed by atoms with Crippen molar-refractivity contribution in [3.05, 3.63) is 74.7 Å². The maximum atomic E-state index is 13.7. The van der Waals surface area contributed by atoms with E-state index in [-0.39, 0.29) is 33.2 Å². The summed E-state index contributed by atoms with van der Waals surface area (Å²) in [6.07, 6.45) is 0.160. The summed E-state index contributed by atoms with van der Waals surface area (Å²) in [5.74, 6) is -1.15. The highest BCUT2D eigenvalue weighted by molar-refractivity contribution is 7.21. The number of benzene rings is 1. The van der Waals surface area contributed by atoms with Gasteiger partial charge in [-0.3, -0.25) is 14.3 Å². The number of aryl methyl sites for hydroxylation is 1. The second-order valence-corrected chi connectivity index (χ2v) is 10.4. The lowest BCUT2D eigenvalue weighted by Crippen LogP contribution is -2.18. The van der Waals surface area contributed by atoms with Gasteiger partial charge < -0.3 is 15.8 Å². The van der Waals surface area contributed by atoms with Gasteiger partial charge in [0.1, 0.15) is 21.2 Å². The predicted molar refractivity (Wildman–Crippen MR) is 147 cm³/mol. The van der Waals surface area contributed by atoms with E-state index in [9.17, 15) is 18.4 Å². The van der Waals surface area contributed by atoms with Crippen molar-refractivity contribution in [1.82, 2.24) is 24.5 Å². The van der Waals surface area contributed by atoms with Gasteiger partial charge in [-0.15, -0.1) is 11.3 Å². The molecule has 0 atom stereocenters. The highest BCUT2D eigenvalue weighted by Crippen LogP contribution is 2.43. The van der Waals surface area contributed by atoms with Crippen molar-refractivity contribution >= 4 is 62.3 Å². The predicted octanol–water partition coefficient (Wildman–Crippen LogP) is 5.83. The fraction of sp³-hybridized carbons (Fsp3) is 0.160. The number of hydrogen-bond donors (Lipinski definition) is 2. The summed E-state index contributed by atoms with van der Waals surface area (Å²) in [5.41, 5.74) is 6.69. The summed E-state index contributed by atoms with van der Waals surface area (Å²) in [7, 11) is 1.71. The van der Waals surface area contributed by atoms with Crippen LogP contribution in [0.4, 0.5) is 14.5 Å². The summed E-state index contributed by atoms with van der Waals surface area (Å²) < 4.78 is 36.0. The van der Waals surface area contributed by atoms with Crippen molar-refractivity contribution in [2.24, 2.45) is 12.8 Å². The number of alkyl halides is 2. The second kappa shape index (κ2) is 10.8. The highest BCUT2D eigenvalue weighted by atomic mass is 35.5. The Morgan fingerprint density at radius 3 is 2.62 bits per heavy atom. The summed E-state index contributed by atoms with van der Waals surface area (Å²) in [4.78, 5) is 29.7. The minimum atomic E-state index is -2.87. The first-order valence-electron chi connectivity index (χ1n) is 11.5. The lowest BCUT2D eigenvalue weighted by molar-refractivity contribution is 0.100. The van der Waals surface area contributed by atoms with E-state index in [1.807, 2.05) is 0 Å². The molecule has 0 spiro atoms. The first-order chi connectivity index (χ1) is 19.0. The molecule has 0 radical (unpaired) electrons. The number of pyridine rings is 1. The number of thiophene rings is 1. The summed E-state index contributed by atoms with van der Waals surface area (Å²) in [5, 5.41) is 12.1. The minimum Gasteiger partial charge on any atom is -0.470 e. The van der Waals surface area contributed by atoms with E-state index in [4.69, 9.17) is 33.7 Å². The molecule has 0 saturated heterocycles. The van der Waals surface area contributed by atoms with Crippen molar-refractivity contribution in [3.63, 3.8) is 0 Å². The molecule has 5 rings (SSSR count). The molecule has 0 aliphatic heterocycles. The third kappa shape index (κ3) is 5.22. The maximum Gasteiger partial charge on any atom is 0.280 e. The molecule has 3 N–H and O–H groups in total. The van der Waals surface area contributed by atoms with Crippen LogP contribution in [0.3, 0.4) is 0 Å². The van der Waals surface area contributed by atoms with Crippen LogP contribution >= 0.6 is 34.5 Å². The van der Waals surface area contributed by atoms with E-state index in [1.165, 1.54) is 35.3 Å². The van der Waals surface area contributed by atoms with Gasteiger partial charge in [0.2, 0.25) is 0 Å². The number of rotatable bonds is 8. The quantitative estimate of drug-likeness (QED) is 0.229. The molecule has 4 heterocycles. The first kappa shape index (κ1) is 27.5.